The third kappa shape index (κ3) is 8.68. The zero-order chi connectivity index (χ0) is 20.4. The van der Waals surface area contributed by atoms with Crippen LogP contribution in [-0.2, 0) is 25.7 Å². The van der Waals surface area contributed by atoms with Crippen LogP contribution in [-0.4, -0.2) is 36.4 Å². The van der Waals surface area contributed by atoms with E-state index >= 15 is 0 Å². The van der Waals surface area contributed by atoms with Crippen molar-refractivity contribution < 1.29 is 19.1 Å². The van der Waals surface area contributed by atoms with Crippen LogP contribution in [0.3, 0.4) is 0 Å². The van der Waals surface area contributed by atoms with Gasteiger partial charge in [-0.3, -0.25) is 14.4 Å². The number of hydrogen-bond donors (Lipinski definition) is 3. The monoisotopic (exact) mass is 377 g/mol. The molecular weight excluding hydrogens is 346 g/mol. The molecule has 0 fully saturated rings. The van der Waals surface area contributed by atoms with E-state index in [9.17, 15) is 14.4 Å². The molecule has 7 heteroatoms. The van der Waals surface area contributed by atoms with Crippen LogP contribution in [0.4, 0.5) is 5.69 Å². The van der Waals surface area contributed by atoms with E-state index in [4.69, 9.17) is 4.74 Å². The third-order valence-corrected chi connectivity index (χ3v) is 3.81. The smallest absolute Gasteiger partial charge is 0.305 e. The molecule has 0 saturated heterocycles. The summed E-state index contributed by atoms with van der Waals surface area (Å²) in [5.74, 6) is -0.637. The summed E-state index contributed by atoms with van der Waals surface area (Å²) < 4.78 is 5.05. The molecule has 7 nitrogen and oxygen atoms in total. The van der Waals surface area contributed by atoms with Crippen LogP contribution in [0.15, 0.2) is 24.3 Å². The first kappa shape index (κ1) is 22.6. The van der Waals surface area contributed by atoms with E-state index in [1.54, 1.807) is 31.2 Å². The third-order valence-electron chi connectivity index (χ3n) is 3.81. The van der Waals surface area contributed by atoms with E-state index in [1.165, 1.54) is 0 Å². The van der Waals surface area contributed by atoms with Gasteiger partial charge in [0.2, 0.25) is 11.8 Å². The maximum absolute atomic E-state index is 12.3. The molecule has 1 aromatic carbocycles. The van der Waals surface area contributed by atoms with Gasteiger partial charge >= 0.3 is 5.97 Å². The maximum atomic E-state index is 12.3. The minimum atomic E-state index is -0.345. The molecule has 0 bridgehead atoms. The molecule has 3 N–H and O–H groups in total. The molecule has 0 radical (unpaired) electrons. The molecule has 0 heterocycles. The van der Waals surface area contributed by atoms with Crippen LogP contribution in [0.5, 0.6) is 0 Å². The summed E-state index contributed by atoms with van der Waals surface area (Å²) >= 11 is 0. The number of hydrogen-bond acceptors (Lipinski definition) is 5. The topological polar surface area (TPSA) is 96.5 Å². The van der Waals surface area contributed by atoms with Crippen LogP contribution in [0, 0.1) is 5.92 Å². The summed E-state index contributed by atoms with van der Waals surface area (Å²) in [4.78, 5) is 35.5. The summed E-state index contributed by atoms with van der Waals surface area (Å²) in [6.45, 7) is 9.71. The summed E-state index contributed by atoms with van der Waals surface area (Å²) in [7, 11) is 0. The van der Waals surface area contributed by atoms with Crippen LogP contribution < -0.4 is 16.0 Å². The Hall–Kier alpha value is -2.41. The number of anilines is 1. The second-order valence-corrected chi connectivity index (χ2v) is 7.02. The first-order valence-corrected chi connectivity index (χ1v) is 9.31. The number of amides is 2. The van der Waals surface area contributed by atoms with Crippen molar-refractivity contribution in [2.45, 2.75) is 59.7 Å². The van der Waals surface area contributed by atoms with E-state index in [1.807, 2.05) is 27.7 Å². The number of nitrogens with one attached hydrogen (secondary N) is 3. The number of carbonyl (C=O) groups is 3. The Labute approximate surface area is 161 Å². The summed E-state index contributed by atoms with van der Waals surface area (Å²) in [6.07, 6.45) is 0.338. The van der Waals surface area contributed by atoms with Crippen molar-refractivity contribution in [1.29, 1.82) is 0 Å². The summed E-state index contributed by atoms with van der Waals surface area (Å²) in [6, 6.07) is 6.84. The number of ether oxygens (including phenoxy) is 1. The Morgan fingerprint density at radius 1 is 1.04 bits per heavy atom. The van der Waals surface area contributed by atoms with Crippen molar-refractivity contribution in [3.05, 3.63) is 29.8 Å². The Kier molecular flexibility index (Phi) is 9.50. The molecule has 0 aliphatic carbocycles. The molecule has 2 amide bonds. The molecular formula is C20H31N3O4. The zero-order valence-corrected chi connectivity index (χ0v) is 16.8. The maximum Gasteiger partial charge on any atom is 0.305 e. The normalized spacial score (nSPS) is 12.0. The van der Waals surface area contributed by atoms with E-state index in [2.05, 4.69) is 16.0 Å². The molecule has 0 aromatic heterocycles. The molecule has 1 unspecified atom stereocenters. The van der Waals surface area contributed by atoms with E-state index in [-0.39, 0.29) is 48.9 Å². The van der Waals surface area contributed by atoms with Gasteiger partial charge in [-0.15, -0.1) is 0 Å². The predicted octanol–water partition coefficient (Wildman–Crippen LogP) is 2.22. The molecule has 1 aromatic rings. The van der Waals surface area contributed by atoms with Crippen LogP contribution in [0.1, 0.15) is 46.6 Å². The summed E-state index contributed by atoms with van der Waals surface area (Å²) in [5, 5.41) is 8.60. The highest BCUT2D eigenvalue weighted by Gasteiger charge is 2.22. The van der Waals surface area contributed by atoms with Crippen molar-refractivity contribution in [3.8, 4) is 0 Å². The Bertz CT molecular complexity index is 627. The molecule has 1 rings (SSSR count). The van der Waals surface area contributed by atoms with E-state index in [0.717, 1.165) is 5.56 Å². The SMILES string of the molecule is CCC(=O)OCc1ccc(NC(=O)CNC(=O)C(NC(C)C)C(C)C)cc1. The molecule has 27 heavy (non-hydrogen) atoms. The van der Waals surface area contributed by atoms with Crippen molar-refractivity contribution in [2.75, 3.05) is 11.9 Å². The lowest BCUT2D eigenvalue weighted by Gasteiger charge is -2.23. The Morgan fingerprint density at radius 3 is 2.19 bits per heavy atom. The highest BCUT2D eigenvalue weighted by Crippen LogP contribution is 2.10. The van der Waals surface area contributed by atoms with E-state index < -0.39 is 0 Å². The largest absolute Gasteiger partial charge is 0.461 e. The van der Waals surface area contributed by atoms with Crippen molar-refractivity contribution >= 4 is 23.5 Å². The second kappa shape index (κ2) is 11.3. The Balaban J connectivity index is 2.47. The predicted molar refractivity (Wildman–Crippen MR) is 105 cm³/mol. The Morgan fingerprint density at radius 2 is 1.67 bits per heavy atom. The lowest BCUT2D eigenvalue weighted by molar-refractivity contribution is -0.144. The first-order valence-electron chi connectivity index (χ1n) is 9.31. The molecule has 0 saturated carbocycles. The lowest BCUT2D eigenvalue weighted by Crippen LogP contribution is -2.51. The molecule has 0 spiro atoms. The van der Waals surface area contributed by atoms with Gasteiger partial charge < -0.3 is 20.7 Å². The van der Waals surface area contributed by atoms with Gasteiger partial charge in [-0.05, 0) is 23.6 Å². The van der Waals surface area contributed by atoms with Crippen molar-refractivity contribution in [2.24, 2.45) is 5.92 Å². The molecule has 150 valence electrons. The zero-order valence-electron chi connectivity index (χ0n) is 16.8. The summed E-state index contributed by atoms with van der Waals surface area (Å²) in [5.41, 5.74) is 1.45. The highest BCUT2D eigenvalue weighted by molar-refractivity contribution is 5.95. The molecule has 1 atom stereocenters. The fraction of sp³-hybridized carbons (Fsp3) is 0.550. The van der Waals surface area contributed by atoms with Gasteiger partial charge in [0, 0.05) is 18.2 Å². The molecule has 0 aliphatic rings. The quantitative estimate of drug-likeness (QED) is 0.543. The van der Waals surface area contributed by atoms with Crippen molar-refractivity contribution in [1.82, 2.24) is 10.6 Å². The standard InChI is InChI=1S/C20H31N3O4/c1-6-18(25)27-12-15-7-9-16(10-8-15)23-17(24)11-21-20(26)19(13(2)3)22-14(4)5/h7-10,13-14,19,22H,6,11-12H2,1-5H3,(H,21,26)(H,23,24). The number of benzene rings is 1. The van der Waals surface area contributed by atoms with Gasteiger partial charge in [0.15, 0.2) is 0 Å². The van der Waals surface area contributed by atoms with Gasteiger partial charge in [0.25, 0.3) is 0 Å². The second-order valence-electron chi connectivity index (χ2n) is 7.02. The number of rotatable bonds is 10. The fourth-order valence-electron chi connectivity index (χ4n) is 2.36. The van der Waals surface area contributed by atoms with E-state index in [0.29, 0.717) is 12.1 Å². The van der Waals surface area contributed by atoms with Crippen LogP contribution >= 0.6 is 0 Å². The lowest BCUT2D eigenvalue weighted by atomic mass is 10.0. The number of carbonyl (C=O) groups excluding carboxylic acids is 3. The van der Waals surface area contributed by atoms with Gasteiger partial charge in [-0.1, -0.05) is 46.8 Å². The van der Waals surface area contributed by atoms with Gasteiger partial charge in [0.1, 0.15) is 6.61 Å². The van der Waals surface area contributed by atoms with Gasteiger partial charge in [0.05, 0.1) is 12.6 Å². The average Bonchev–Trinajstić information content (AvgIpc) is 2.62. The minimum absolute atomic E-state index is 0.0995. The van der Waals surface area contributed by atoms with Crippen LogP contribution in [0.25, 0.3) is 0 Å². The van der Waals surface area contributed by atoms with Crippen LogP contribution in [0.2, 0.25) is 0 Å². The first-order chi connectivity index (χ1) is 12.7. The molecule has 0 aliphatic heterocycles. The minimum Gasteiger partial charge on any atom is -0.461 e. The van der Waals surface area contributed by atoms with Crippen molar-refractivity contribution in [3.63, 3.8) is 0 Å². The fourth-order valence-corrected chi connectivity index (χ4v) is 2.36. The highest BCUT2D eigenvalue weighted by atomic mass is 16.5. The number of esters is 1. The van der Waals surface area contributed by atoms with Gasteiger partial charge in [-0.25, -0.2) is 0 Å². The average molecular weight is 377 g/mol. The van der Waals surface area contributed by atoms with Gasteiger partial charge in [-0.2, -0.15) is 0 Å².